The summed E-state index contributed by atoms with van der Waals surface area (Å²) in [5, 5.41) is 5.21. The van der Waals surface area contributed by atoms with Gasteiger partial charge < -0.3 is 9.47 Å². The molecule has 1 atom stereocenters. The molecule has 0 spiro atoms. The van der Waals surface area contributed by atoms with Gasteiger partial charge in [-0.25, -0.2) is 9.67 Å². The van der Waals surface area contributed by atoms with E-state index in [2.05, 4.69) is 10.1 Å². The van der Waals surface area contributed by atoms with Gasteiger partial charge >= 0.3 is 0 Å². The van der Waals surface area contributed by atoms with Crippen molar-refractivity contribution in [2.75, 3.05) is 20.0 Å². The molecule has 1 aliphatic rings. The largest absolute Gasteiger partial charge is 0.354 e. The van der Waals surface area contributed by atoms with Crippen molar-refractivity contribution in [1.82, 2.24) is 14.8 Å². The minimum Gasteiger partial charge on any atom is -0.354 e. The Labute approximate surface area is 149 Å². The van der Waals surface area contributed by atoms with Crippen LogP contribution in [-0.2, 0) is 20.7 Å². The monoisotopic (exact) mass is 369 g/mol. The number of aromatic nitrogens is 3. The normalized spacial score (nSPS) is 18.3. The van der Waals surface area contributed by atoms with Crippen molar-refractivity contribution in [2.24, 2.45) is 5.41 Å². The van der Waals surface area contributed by atoms with E-state index in [9.17, 15) is 4.79 Å². The lowest BCUT2D eigenvalue weighted by molar-refractivity contribution is -0.174. The molecule has 0 N–H and O–H groups in total. The molecule has 1 aliphatic heterocycles. The number of ketones is 1. The van der Waals surface area contributed by atoms with E-state index in [4.69, 9.17) is 32.7 Å². The molecule has 8 heteroatoms. The fourth-order valence-electron chi connectivity index (χ4n) is 2.76. The molecule has 3 rings (SSSR count). The lowest BCUT2D eigenvalue weighted by Gasteiger charge is -2.34. The summed E-state index contributed by atoms with van der Waals surface area (Å²) in [5.41, 5.74) is 0.0736. The quantitative estimate of drug-likeness (QED) is 0.810. The number of halogens is 2. The Hall–Kier alpha value is -1.47. The van der Waals surface area contributed by atoms with E-state index in [1.54, 1.807) is 16.8 Å². The Morgan fingerprint density at radius 3 is 2.75 bits per heavy atom. The van der Waals surface area contributed by atoms with Gasteiger partial charge in [0.05, 0.1) is 18.6 Å². The molecular formula is C16H17Cl2N3O3. The van der Waals surface area contributed by atoms with Gasteiger partial charge in [-0.05, 0) is 24.6 Å². The third-order valence-corrected chi connectivity index (χ3v) is 4.68. The van der Waals surface area contributed by atoms with Gasteiger partial charge in [-0.1, -0.05) is 29.3 Å². The highest BCUT2D eigenvalue weighted by Crippen LogP contribution is 2.32. The zero-order valence-corrected chi connectivity index (χ0v) is 14.6. The Morgan fingerprint density at radius 2 is 2.12 bits per heavy atom. The van der Waals surface area contributed by atoms with Gasteiger partial charge in [0.25, 0.3) is 0 Å². The number of nitrogens with zero attached hydrogens (tertiary/aromatic N) is 3. The van der Waals surface area contributed by atoms with Crippen LogP contribution in [0.15, 0.2) is 30.9 Å². The van der Waals surface area contributed by atoms with Crippen LogP contribution in [0.1, 0.15) is 18.5 Å². The summed E-state index contributed by atoms with van der Waals surface area (Å²) >= 11 is 12.2. The molecule has 1 aromatic heterocycles. The lowest BCUT2D eigenvalue weighted by atomic mass is 9.81. The first-order valence-electron chi connectivity index (χ1n) is 7.47. The molecule has 128 valence electrons. The van der Waals surface area contributed by atoms with Crippen LogP contribution in [-0.4, -0.2) is 40.6 Å². The molecule has 0 saturated carbocycles. The molecule has 1 unspecified atom stereocenters. The van der Waals surface area contributed by atoms with Crippen molar-refractivity contribution >= 4 is 29.0 Å². The number of Topliss-reactive ketones (excluding diaryl/α,β-unsaturated/α-hetero) is 1. The summed E-state index contributed by atoms with van der Waals surface area (Å²) in [4.78, 5) is 17.1. The first-order valence-corrected chi connectivity index (χ1v) is 8.23. The van der Waals surface area contributed by atoms with Gasteiger partial charge in [-0.15, -0.1) is 0 Å². The number of hydrogen-bond donors (Lipinski definition) is 0. The van der Waals surface area contributed by atoms with E-state index in [-0.39, 0.29) is 12.6 Å². The van der Waals surface area contributed by atoms with Gasteiger partial charge in [-0.2, -0.15) is 5.10 Å². The molecule has 1 fully saturated rings. The zero-order valence-electron chi connectivity index (χ0n) is 13.1. The summed E-state index contributed by atoms with van der Waals surface area (Å²) < 4.78 is 12.2. The van der Waals surface area contributed by atoms with Gasteiger partial charge in [0.2, 0.25) is 0 Å². The van der Waals surface area contributed by atoms with E-state index in [1.165, 1.54) is 12.7 Å². The second-order valence-corrected chi connectivity index (χ2v) is 6.91. The predicted molar refractivity (Wildman–Crippen MR) is 89.1 cm³/mol. The smallest absolute Gasteiger partial charge is 0.168 e. The topological polar surface area (TPSA) is 66.2 Å². The Bertz CT molecular complexity index is 715. The van der Waals surface area contributed by atoms with Crippen LogP contribution in [0.3, 0.4) is 0 Å². The zero-order chi connectivity index (χ0) is 17.2. The Balaban J connectivity index is 1.91. The van der Waals surface area contributed by atoms with Gasteiger partial charge in [0, 0.05) is 16.5 Å². The number of carbonyl (C=O) groups is 1. The van der Waals surface area contributed by atoms with Crippen LogP contribution < -0.4 is 0 Å². The number of benzene rings is 1. The van der Waals surface area contributed by atoms with E-state index in [0.29, 0.717) is 29.7 Å². The van der Waals surface area contributed by atoms with E-state index >= 15 is 0 Å². The maximum atomic E-state index is 13.2. The van der Waals surface area contributed by atoms with Crippen LogP contribution in [0.25, 0.3) is 0 Å². The SMILES string of the molecule is CC1(C(=O)C(Cc2ccc(Cl)cc2Cl)n2cncn2)COCOC1. The maximum Gasteiger partial charge on any atom is 0.168 e. The van der Waals surface area contributed by atoms with Crippen LogP contribution in [0.4, 0.5) is 0 Å². The van der Waals surface area contributed by atoms with Crippen molar-refractivity contribution in [1.29, 1.82) is 0 Å². The molecule has 2 heterocycles. The molecule has 24 heavy (non-hydrogen) atoms. The van der Waals surface area contributed by atoms with E-state index in [1.807, 2.05) is 13.0 Å². The summed E-state index contributed by atoms with van der Waals surface area (Å²) in [7, 11) is 0. The average molecular weight is 370 g/mol. The fourth-order valence-corrected chi connectivity index (χ4v) is 3.24. The first-order chi connectivity index (χ1) is 11.5. The predicted octanol–water partition coefficient (Wildman–Crippen LogP) is 2.95. The minimum absolute atomic E-state index is 0.0290. The van der Waals surface area contributed by atoms with Crippen molar-refractivity contribution in [3.8, 4) is 0 Å². The summed E-state index contributed by atoms with van der Waals surface area (Å²) in [6.07, 6.45) is 3.31. The first kappa shape index (κ1) is 17.4. The standard InChI is InChI=1S/C16H17Cl2N3O3/c1-16(6-23-10-24-7-16)15(22)14(21-9-19-8-20-21)4-11-2-3-12(17)5-13(11)18/h2-3,5,8-9,14H,4,6-7,10H2,1H3. The summed E-state index contributed by atoms with van der Waals surface area (Å²) in [6, 6.07) is 4.68. The van der Waals surface area contributed by atoms with Crippen molar-refractivity contribution in [3.05, 3.63) is 46.5 Å². The number of rotatable bonds is 5. The highest BCUT2D eigenvalue weighted by molar-refractivity contribution is 6.35. The third kappa shape index (κ3) is 3.62. The molecule has 2 aromatic rings. The number of carbonyl (C=O) groups excluding carboxylic acids is 1. The highest BCUT2D eigenvalue weighted by atomic mass is 35.5. The molecular weight excluding hydrogens is 353 g/mol. The second-order valence-electron chi connectivity index (χ2n) is 6.07. The molecule has 1 saturated heterocycles. The van der Waals surface area contributed by atoms with Crippen LogP contribution >= 0.6 is 23.2 Å². The summed E-state index contributed by atoms with van der Waals surface area (Å²) in [6.45, 7) is 2.67. The molecule has 1 aromatic carbocycles. The lowest BCUT2D eigenvalue weighted by Crippen LogP contribution is -2.45. The fraction of sp³-hybridized carbons (Fsp3) is 0.438. The average Bonchev–Trinajstić information content (AvgIpc) is 3.08. The third-order valence-electron chi connectivity index (χ3n) is 4.09. The number of hydrogen-bond acceptors (Lipinski definition) is 5. The van der Waals surface area contributed by atoms with Crippen molar-refractivity contribution in [2.45, 2.75) is 19.4 Å². The van der Waals surface area contributed by atoms with Gasteiger partial charge in [-0.3, -0.25) is 4.79 Å². The van der Waals surface area contributed by atoms with Crippen molar-refractivity contribution in [3.63, 3.8) is 0 Å². The van der Waals surface area contributed by atoms with Crippen molar-refractivity contribution < 1.29 is 14.3 Å². The number of ether oxygens (including phenoxy) is 2. The minimum atomic E-state index is -0.742. The van der Waals surface area contributed by atoms with E-state index in [0.717, 1.165) is 5.56 Å². The maximum absolute atomic E-state index is 13.2. The molecule has 6 nitrogen and oxygen atoms in total. The van der Waals surface area contributed by atoms with Gasteiger partial charge in [0.1, 0.15) is 25.5 Å². The van der Waals surface area contributed by atoms with Crippen LogP contribution in [0, 0.1) is 5.41 Å². The molecule has 0 radical (unpaired) electrons. The second kappa shape index (κ2) is 7.19. The molecule has 0 aliphatic carbocycles. The highest BCUT2D eigenvalue weighted by Gasteiger charge is 2.41. The van der Waals surface area contributed by atoms with Gasteiger partial charge in [0.15, 0.2) is 5.78 Å². The Morgan fingerprint density at radius 1 is 1.38 bits per heavy atom. The van der Waals surface area contributed by atoms with Crippen LogP contribution in [0.5, 0.6) is 0 Å². The summed E-state index contributed by atoms with van der Waals surface area (Å²) in [5.74, 6) is -0.0290. The molecule has 0 amide bonds. The van der Waals surface area contributed by atoms with E-state index < -0.39 is 11.5 Å². The van der Waals surface area contributed by atoms with Crippen LogP contribution in [0.2, 0.25) is 10.0 Å². The molecule has 0 bridgehead atoms. The Kier molecular flexibility index (Phi) is 5.20.